The Kier molecular flexibility index (Phi) is 4.74. The highest BCUT2D eigenvalue weighted by Gasteiger charge is 2.40. The molecule has 3 aliphatic heterocycles. The second-order valence-corrected chi connectivity index (χ2v) is 7.96. The number of fused-ring (bicyclic) bond motifs is 1. The highest BCUT2D eigenvalue weighted by atomic mass is 16.2. The van der Waals surface area contributed by atoms with Crippen molar-refractivity contribution < 1.29 is 14.4 Å². The molecule has 2 saturated heterocycles. The van der Waals surface area contributed by atoms with Gasteiger partial charge in [0.05, 0.1) is 0 Å². The van der Waals surface area contributed by atoms with Crippen LogP contribution in [0.5, 0.6) is 0 Å². The van der Waals surface area contributed by atoms with Gasteiger partial charge in [-0.05, 0) is 49.4 Å². The van der Waals surface area contributed by atoms with E-state index in [0.717, 1.165) is 30.6 Å². The number of piperidine rings is 1. The molecule has 3 unspecified atom stereocenters. The van der Waals surface area contributed by atoms with Crippen LogP contribution < -0.4 is 11.1 Å². The average molecular weight is 370 g/mol. The van der Waals surface area contributed by atoms with Gasteiger partial charge in [-0.2, -0.15) is 0 Å². The SMILES string of the molecule is CC1CC(CN)CN1Cc1cccc2c1CN(C1CCC(=O)NC1=O)C2=O. The normalized spacial score (nSPS) is 28.6. The first-order valence-corrected chi connectivity index (χ1v) is 9.67. The molecule has 3 amide bonds. The molecule has 0 spiro atoms. The third-order valence-corrected chi connectivity index (χ3v) is 6.18. The van der Waals surface area contributed by atoms with E-state index < -0.39 is 6.04 Å². The van der Waals surface area contributed by atoms with Gasteiger partial charge in [-0.25, -0.2) is 0 Å². The Morgan fingerprint density at radius 3 is 2.78 bits per heavy atom. The molecule has 3 N–H and O–H groups in total. The molecule has 0 radical (unpaired) electrons. The van der Waals surface area contributed by atoms with Gasteiger partial charge in [-0.3, -0.25) is 24.6 Å². The summed E-state index contributed by atoms with van der Waals surface area (Å²) >= 11 is 0. The number of nitrogens with zero attached hydrogens (tertiary/aromatic N) is 2. The molecule has 3 aliphatic rings. The van der Waals surface area contributed by atoms with Crippen molar-refractivity contribution in [2.45, 2.75) is 51.4 Å². The second-order valence-electron chi connectivity index (χ2n) is 7.96. The molecule has 3 atom stereocenters. The van der Waals surface area contributed by atoms with Crippen LogP contribution in [-0.4, -0.2) is 52.7 Å². The largest absolute Gasteiger partial charge is 0.330 e. The van der Waals surface area contributed by atoms with E-state index in [2.05, 4.69) is 23.2 Å². The topological polar surface area (TPSA) is 95.7 Å². The van der Waals surface area contributed by atoms with Crippen molar-refractivity contribution in [3.8, 4) is 0 Å². The first-order chi connectivity index (χ1) is 13.0. The number of benzene rings is 1. The van der Waals surface area contributed by atoms with Crippen molar-refractivity contribution in [3.05, 3.63) is 34.9 Å². The smallest absolute Gasteiger partial charge is 0.255 e. The summed E-state index contributed by atoms with van der Waals surface area (Å²) in [6.45, 7) is 5.12. The maximum absolute atomic E-state index is 12.9. The van der Waals surface area contributed by atoms with Crippen LogP contribution >= 0.6 is 0 Å². The van der Waals surface area contributed by atoms with Crippen LogP contribution in [0.25, 0.3) is 0 Å². The summed E-state index contributed by atoms with van der Waals surface area (Å²) in [5.41, 5.74) is 8.67. The van der Waals surface area contributed by atoms with Gasteiger partial charge in [0.2, 0.25) is 11.8 Å². The molecule has 7 heteroatoms. The molecule has 3 heterocycles. The van der Waals surface area contributed by atoms with E-state index in [1.807, 2.05) is 12.1 Å². The molecular formula is C20H26N4O3. The Labute approximate surface area is 158 Å². The number of hydrogen-bond acceptors (Lipinski definition) is 5. The number of nitrogens with two attached hydrogens (primary N) is 1. The van der Waals surface area contributed by atoms with Crippen molar-refractivity contribution in [1.82, 2.24) is 15.1 Å². The standard InChI is InChI=1S/C20H26N4O3/c1-12-7-13(8-21)9-23(12)10-14-3-2-4-15-16(14)11-24(20(15)27)17-5-6-18(25)22-19(17)26/h2-4,12-13,17H,5-11,21H2,1H3,(H,22,25,26). The van der Waals surface area contributed by atoms with E-state index in [4.69, 9.17) is 5.73 Å². The average Bonchev–Trinajstić information content (AvgIpc) is 3.16. The minimum Gasteiger partial charge on any atom is -0.330 e. The van der Waals surface area contributed by atoms with Crippen LogP contribution in [-0.2, 0) is 22.7 Å². The number of nitrogens with one attached hydrogen (secondary N) is 1. The van der Waals surface area contributed by atoms with Crippen molar-refractivity contribution in [2.75, 3.05) is 13.1 Å². The van der Waals surface area contributed by atoms with Crippen LogP contribution in [0.1, 0.15) is 47.7 Å². The van der Waals surface area contributed by atoms with Gasteiger partial charge in [-0.1, -0.05) is 12.1 Å². The number of carbonyl (C=O) groups excluding carboxylic acids is 3. The zero-order valence-electron chi connectivity index (χ0n) is 15.6. The molecule has 0 bridgehead atoms. The summed E-state index contributed by atoms with van der Waals surface area (Å²) in [6.07, 6.45) is 1.77. The van der Waals surface area contributed by atoms with Crippen LogP contribution in [0.3, 0.4) is 0 Å². The van der Waals surface area contributed by atoms with Crippen molar-refractivity contribution in [1.29, 1.82) is 0 Å². The lowest BCUT2D eigenvalue weighted by Crippen LogP contribution is -2.52. The quantitative estimate of drug-likeness (QED) is 0.758. The van der Waals surface area contributed by atoms with E-state index in [1.54, 1.807) is 4.90 Å². The Balaban J connectivity index is 1.54. The summed E-state index contributed by atoms with van der Waals surface area (Å²) in [7, 11) is 0. The molecule has 0 aliphatic carbocycles. The molecule has 1 aromatic rings. The van der Waals surface area contributed by atoms with Crippen LogP contribution in [0.4, 0.5) is 0 Å². The maximum atomic E-state index is 12.9. The van der Waals surface area contributed by atoms with Crippen molar-refractivity contribution in [3.63, 3.8) is 0 Å². The van der Waals surface area contributed by atoms with Gasteiger partial charge >= 0.3 is 0 Å². The fourth-order valence-electron chi connectivity index (χ4n) is 4.63. The zero-order chi connectivity index (χ0) is 19.1. The predicted molar refractivity (Wildman–Crippen MR) is 99.5 cm³/mol. The van der Waals surface area contributed by atoms with Crippen LogP contribution in [0.15, 0.2) is 18.2 Å². The van der Waals surface area contributed by atoms with E-state index in [1.165, 1.54) is 0 Å². The Hall–Kier alpha value is -2.25. The molecule has 7 nitrogen and oxygen atoms in total. The highest BCUT2D eigenvalue weighted by molar-refractivity contribution is 6.05. The number of carbonyl (C=O) groups is 3. The molecule has 144 valence electrons. The van der Waals surface area contributed by atoms with Gasteiger partial charge in [-0.15, -0.1) is 0 Å². The zero-order valence-corrected chi connectivity index (χ0v) is 15.6. The summed E-state index contributed by atoms with van der Waals surface area (Å²) in [6, 6.07) is 5.73. The molecule has 27 heavy (non-hydrogen) atoms. The van der Waals surface area contributed by atoms with Gasteiger partial charge < -0.3 is 10.6 Å². The molecule has 2 fully saturated rings. The lowest BCUT2D eigenvalue weighted by molar-refractivity contribution is -0.136. The number of imide groups is 1. The van der Waals surface area contributed by atoms with Crippen molar-refractivity contribution >= 4 is 17.7 Å². The number of hydrogen-bond donors (Lipinski definition) is 2. The molecule has 4 rings (SSSR count). The van der Waals surface area contributed by atoms with E-state index in [-0.39, 0.29) is 24.1 Å². The third-order valence-electron chi connectivity index (χ3n) is 6.18. The molecule has 0 saturated carbocycles. The Morgan fingerprint density at radius 1 is 1.26 bits per heavy atom. The maximum Gasteiger partial charge on any atom is 0.255 e. The van der Waals surface area contributed by atoms with Gasteiger partial charge in [0.25, 0.3) is 5.91 Å². The predicted octanol–water partition coefficient (Wildman–Crippen LogP) is 0.617. The van der Waals surface area contributed by atoms with Crippen molar-refractivity contribution in [2.24, 2.45) is 11.7 Å². The number of likely N-dealkylation sites (tertiary alicyclic amines) is 1. The molecular weight excluding hydrogens is 344 g/mol. The summed E-state index contributed by atoms with van der Waals surface area (Å²) in [5, 5.41) is 2.35. The Morgan fingerprint density at radius 2 is 2.07 bits per heavy atom. The summed E-state index contributed by atoms with van der Waals surface area (Å²) < 4.78 is 0. The summed E-state index contributed by atoms with van der Waals surface area (Å²) in [4.78, 5) is 40.6. The van der Waals surface area contributed by atoms with Crippen LogP contribution in [0.2, 0.25) is 0 Å². The first kappa shape index (κ1) is 18.1. The van der Waals surface area contributed by atoms with E-state index in [9.17, 15) is 14.4 Å². The van der Waals surface area contributed by atoms with Gasteiger partial charge in [0, 0.05) is 37.7 Å². The lowest BCUT2D eigenvalue weighted by atomic mass is 10.0. The summed E-state index contributed by atoms with van der Waals surface area (Å²) in [5.74, 6) is -0.222. The third kappa shape index (κ3) is 3.26. The van der Waals surface area contributed by atoms with E-state index in [0.29, 0.717) is 37.0 Å². The lowest BCUT2D eigenvalue weighted by Gasteiger charge is -2.29. The Bertz CT molecular complexity index is 793. The van der Waals surface area contributed by atoms with E-state index >= 15 is 0 Å². The fourth-order valence-corrected chi connectivity index (χ4v) is 4.63. The van der Waals surface area contributed by atoms with Gasteiger partial charge in [0.1, 0.15) is 6.04 Å². The van der Waals surface area contributed by atoms with Crippen LogP contribution in [0, 0.1) is 5.92 Å². The minimum atomic E-state index is -0.567. The second kappa shape index (κ2) is 7.05. The fraction of sp³-hybridized carbons (Fsp3) is 0.550. The molecule has 1 aromatic carbocycles. The van der Waals surface area contributed by atoms with Gasteiger partial charge in [0.15, 0.2) is 0 Å². The first-order valence-electron chi connectivity index (χ1n) is 9.67. The highest BCUT2D eigenvalue weighted by Crippen LogP contribution is 2.32. The number of amides is 3. The molecule has 0 aromatic heterocycles. The minimum absolute atomic E-state index is 0.115. The monoisotopic (exact) mass is 370 g/mol. The number of rotatable bonds is 4.